The molecule has 1 aliphatic carbocycles. The second-order valence-electron chi connectivity index (χ2n) is 5.21. The van der Waals surface area contributed by atoms with Gasteiger partial charge in [0.25, 0.3) is 0 Å². The van der Waals surface area contributed by atoms with Crippen molar-refractivity contribution in [2.24, 2.45) is 5.92 Å². The Labute approximate surface area is 107 Å². The summed E-state index contributed by atoms with van der Waals surface area (Å²) in [6.45, 7) is 2.33. The lowest BCUT2D eigenvalue weighted by molar-refractivity contribution is 0.358. The van der Waals surface area contributed by atoms with Gasteiger partial charge in [0, 0.05) is 18.4 Å². The van der Waals surface area contributed by atoms with Gasteiger partial charge in [-0.2, -0.15) is 0 Å². The first-order valence-electron chi connectivity index (χ1n) is 6.65. The summed E-state index contributed by atoms with van der Waals surface area (Å²) in [6, 6.07) is 4.52. The standard InChI is InChI=1S/C14H18N4/c1-10-3-2-4-11(9-10)17-13-6-5-12-14(18-13)16-8-7-15-12/h5-8,10-11H,2-4,9H2,1H3,(H,16,17,18). The number of nitrogens with zero attached hydrogens (tertiary/aromatic N) is 3. The summed E-state index contributed by atoms with van der Waals surface area (Å²) in [5, 5.41) is 3.52. The molecule has 2 unspecified atom stereocenters. The molecule has 18 heavy (non-hydrogen) atoms. The van der Waals surface area contributed by atoms with Crippen LogP contribution in [0.2, 0.25) is 0 Å². The Morgan fingerprint density at radius 2 is 2.06 bits per heavy atom. The van der Waals surface area contributed by atoms with Crippen molar-refractivity contribution in [2.45, 2.75) is 38.6 Å². The lowest BCUT2D eigenvalue weighted by Gasteiger charge is -2.27. The number of fused-ring (bicyclic) bond motifs is 1. The second kappa shape index (κ2) is 4.88. The molecule has 3 rings (SSSR count). The smallest absolute Gasteiger partial charge is 0.180 e. The van der Waals surface area contributed by atoms with Crippen molar-refractivity contribution in [2.75, 3.05) is 5.32 Å². The molecule has 0 amide bonds. The summed E-state index contributed by atoms with van der Waals surface area (Å²) >= 11 is 0. The number of hydrogen-bond donors (Lipinski definition) is 1. The van der Waals surface area contributed by atoms with Gasteiger partial charge < -0.3 is 5.32 Å². The van der Waals surface area contributed by atoms with Crippen LogP contribution in [-0.4, -0.2) is 21.0 Å². The number of pyridine rings is 1. The molecule has 1 saturated carbocycles. The van der Waals surface area contributed by atoms with E-state index in [1.54, 1.807) is 12.4 Å². The molecular weight excluding hydrogens is 224 g/mol. The van der Waals surface area contributed by atoms with Crippen molar-refractivity contribution in [3.05, 3.63) is 24.5 Å². The predicted molar refractivity (Wildman–Crippen MR) is 72.4 cm³/mol. The van der Waals surface area contributed by atoms with Gasteiger partial charge in [-0.05, 0) is 30.9 Å². The van der Waals surface area contributed by atoms with Crippen molar-refractivity contribution in [3.63, 3.8) is 0 Å². The summed E-state index contributed by atoms with van der Waals surface area (Å²) in [4.78, 5) is 13.0. The molecule has 0 aliphatic heterocycles. The molecule has 2 heterocycles. The van der Waals surface area contributed by atoms with Crippen LogP contribution in [0.15, 0.2) is 24.5 Å². The first kappa shape index (κ1) is 11.4. The zero-order valence-corrected chi connectivity index (χ0v) is 10.6. The first-order valence-corrected chi connectivity index (χ1v) is 6.65. The van der Waals surface area contributed by atoms with Gasteiger partial charge >= 0.3 is 0 Å². The van der Waals surface area contributed by atoms with Crippen LogP contribution in [0, 0.1) is 5.92 Å². The van der Waals surface area contributed by atoms with Crippen LogP contribution in [0.3, 0.4) is 0 Å². The van der Waals surface area contributed by atoms with Crippen LogP contribution in [0.1, 0.15) is 32.6 Å². The number of anilines is 1. The van der Waals surface area contributed by atoms with E-state index in [0.29, 0.717) is 11.7 Å². The van der Waals surface area contributed by atoms with Crippen molar-refractivity contribution < 1.29 is 0 Å². The number of rotatable bonds is 2. The second-order valence-corrected chi connectivity index (χ2v) is 5.21. The van der Waals surface area contributed by atoms with Crippen LogP contribution in [0.4, 0.5) is 5.82 Å². The van der Waals surface area contributed by atoms with E-state index in [1.165, 1.54) is 25.7 Å². The van der Waals surface area contributed by atoms with Gasteiger partial charge in [0.1, 0.15) is 11.3 Å². The highest BCUT2D eigenvalue weighted by Crippen LogP contribution is 2.25. The third-order valence-electron chi connectivity index (χ3n) is 3.62. The van der Waals surface area contributed by atoms with Gasteiger partial charge in [-0.1, -0.05) is 19.8 Å². The van der Waals surface area contributed by atoms with Crippen LogP contribution in [0.5, 0.6) is 0 Å². The van der Waals surface area contributed by atoms with E-state index in [-0.39, 0.29) is 0 Å². The maximum atomic E-state index is 4.51. The van der Waals surface area contributed by atoms with Crippen molar-refractivity contribution >= 4 is 17.0 Å². The Morgan fingerprint density at radius 1 is 1.17 bits per heavy atom. The average molecular weight is 242 g/mol. The fourth-order valence-corrected chi connectivity index (χ4v) is 2.71. The largest absolute Gasteiger partial charge is 0.367 e. The first-order chi connectivity index (χ1) is 8.81. The molecule has 1 fully saturated rings. The summed E-state index contributed by atoms with van der Waals surface area (Å²) in [7, 11) is 0. The maximum Gasteiger partial charge on any atom is 0.180 e. The highest BCUT2D eigenvalue weighted by molar-refractivity contribution is 5.71. The number of hydrogen-bond acceptors (Lipinski definition) is 4. The van der Waals surface area contributed by atoms with Gasteiger partial charge in [0.15, 0.2) is 5.65 Å². The zero-order valence-electron chi connectivity index (χ0n) is 10.6. The van der Waals surface area contributed by atoms with Crippen molar-refractivity contribution in [1.29, 1.82) is 0 Å². The molecule has 4 heteroatoms. The lowest BCUT2D eigenvalue weighted by Crippen LogP contribution is -2.26. The molecular formula is C14H18N4. The topological polar surface area (TPSA) is 50.7 Å². The lowest BCUT2D eigenvalue weighted by atomic mass is 9.87. The Kier molecular flexibility index (Phi) is 3.09. The molecule has 1 N–H and O–H groups in total. The fourth-order valence-electron chi connectivity index (χ4n) is 2.71. The molecule has 2 aromatic heterocycles. The zero-order chi connectivity index (χ0) is 12.4. The van der Waals surface area contributed by atoms with Crippen molar-refractivity contribution in [1.82, 2.24) is 15.0 Å². The molecule has 0 saturated heterocycles. The van der Waals surface area contributed by atoms with Gasteiger partial charge in [-0.25, -0.2) is 9.97 Å². The van der Waals surface area contributed by atoms with Gasteiger partial charge in [-0.3, -0.25) is 4.98 Å². The number of nitrogens with one attached hydrogen (secondary N) is 1. The van der Waals surface area contributed by atoms with E-state index in [0.717, 1.165) is 17.3 Å². The Morgan fingerprint density at radius 3 is 2.94 bits per heavy atom. The normalized spacial score (nSPS) is 24.1. The monoisotopic (exact) mass is 242 g/mol. The molecule has 4 nitrogen and oxygen atoms in total. The summed E-state index contributed by atoms with van der Waals surface area (Å²) in [6.07, 6.45) is 8.52. The predicted octanol–water partition coefficient (Wildman–Crippen LogP) is 3.02. The third-order valence-corrected chi connectivity index (χ3v) is 3.62. The van der Waals surface area contributed by atoms with Gasteiger partial charge in [0.2, 0.25) is 0 Å². The van der Waals surface area contributed by atoms with E-state index in [4.69, 9.17) is 0 Å². The van der Waals surface area contributed by atoms with E-state index in [9.17, 15) is 0 Å². The minimum Gasteiger partial charge on any atom is -0.367 e. The molecule has 0 aromatic carbocycles. The molecule has 2 aromatic rings. The fraction of sp³-hybridized carbons (Fsp3) is 0.500. The van der Waals surface area contributed by atoms with E-state index in [2.05, 4.69) is 27.2 Å². The van der Waals surface area contributed by atoms with Crippen molar-refractivity contribution in [3.8, 4) is 0 Å². The van der Waals surface area contributed by atoms with Gasteiger partial charge in [0.05, 0.1) is 0 Å². The Balaban J connectivity index is 1.78. The minimum absolute atomic E-state index is 0.551. The van der Waals surface area contributed by atoms with Crippen LogP contribution in [0.25, 0.3) is 11.2 Å². The van der Waals surface area contributed by atoms with Crippen LogP contribution in [-0.2, 0) is 0 Å². The molecule has 94 valence electrons. The Hall–Kier alpha value is -1.71. The molecule has 0 radical (unpaired) electrons. The molecule has 2 atom stereocenters. The third kappa shape index (κ3) is 2.42. The van der Waals surface area contributed by atoms with Gasteiger partial charge in [-0.15, -0.1) is 0 Å². The maximum absolute atomic E-state index is 4.51. The van der Waals surface area contributed by atoms with E-state index < -0.39 is 0 Å². The minimum atomic E-state index is 0.551. The molecule has 1 aliphatic rings. The average Bonchev–Trinajstić information content (AvgIpc) is 2.39. The quantitative estimate of drug-likeness (QED) is 0.879. The summed E-state index contributed by atoms with van der Waals surface area (Å²) < 4.78 is 0. The van der Waals surface area contributed by atoms with Crippen LogP contribution < -0.4 is 5.32 Å². The Bertz CT molecular complexity index is 540. The molecule has 0 bridgehead atoms. The van der Waals surface area contributed by atoms with E-state index in [1.807, 2.05) is 12.1 Å². The van der Waals surface area contributed by atoms with Crippen LogP contribution >= 0.6 is 0 Å². The highest BCUT2D eigenvalue weighted by Gasteiger charge is 2.18. The summed E-state index contributed by atoms with van der Waals surface area (Å²) in [5.74, 6) is 1.73. The molecule has 0 spiro atoms. The summed E-state index contributed by atoms with van der Waals surface area (Å²) in [5.41, 5.74) is 1.56. The van der Waals surface area contributed by atoms with E-state index >= 15 is 0 Å². The number of aromatic nitrogens is 3. The SMILES string of the molecule is CC1CCCC(Nc2ccc3nccnc3n2)C1. The highest BCUT2D eigenvalue weighted by atomic mass is 15.0.